The Morgan fingerprint density at radius 1 is 1.53 bits per heavy atom. The average Bonchev–Trinajstić information content (AvgIpc) is 2.22. The fourth-order valence-electron chi connectivity index (χ4n) is 1.24. The molecule has 0 aliphatic carbocycles. The van der Waals surface area contributed by atoms with Crippen LogP contribution >= 0.6 is 15.9 Å². The maximum atomic E-state index is 11.5. The first-order valence-electron chi connectivity index (χ1n) is 4.94. The monoisotopic (exact) mass is 300 g/mol. The molecule has 5 nitrogen and oxygen atoms in total. The molecular weight excluding hydrogens is 288 g/mol. The number of carboxylic acids is 1. The summed E-state index contributed by atoms with van der Waals surface area (Å²) in [5.41, 5.74) is 6.99. The highest BCUT2D eigenvalue weighted by molar-refractivity contribution is 9.10. The van der Waals surface area contributed by atoms with Crippen molar-refractivity contribution < 1.29 is 14.7 Å². The highest BCUT2D eigenvalue weighted by Gasteiger charge is 2.17. The molecule has 0 heterocycles. The number of carbonyl (C=O) groups is 2. The third-order valence-electron chi connectivity index (χ3n) is 2.16. The minimum atomic E-state index is -1.10. The summed E-state index contributed by atoms with van der Waals surface area (Å²) in [4.78, 5) is 21.9. The van der Waals surface area contributed by atoms with E-state index in [0.29, 0.717) is 5.69 Å². The van der Waals surface area contributed by atoms with Gasteiger partial charge in [-0.15, -0.1) is 0 Å². The van der Waals surface area contributed by atoms with E-state index in [1.165, 1.54) is 0 Å². The number of nitrogens with two attached hydrogens (primary N) is 1. The fourth-order valence-corrected chi connectivity index (χ4v) is 1.48. The van der Waals surface area contributed by atoms with Gasteiger partial charge in [-0.1, -0.05) is 15.9 Å². The molecule has 1 rings (SSSR count). The van der Waals surface area contributed by atoms with Crippen LogP contribution in [0, 0.1) is 6.92 Å². The van der Waals surface area contributed by atoms with Crippen molar-refractivity contribution in [2.45, 2.75) is 19.4 Å². The smallest absolute Gasteiger partial charge is 0.305 e. The molecule has 0 saturated heterocycles. The third kappa shape index (κ3) is 4.16. The van der Waals surface area contributed by atoms with Gasteiger partial charge in [0, 0.05) is 10.2 Å². The molecule has 1 aromatic rings. The largest absolute Gasteiger partial charge is 0.481 e. The summed E-state index contributed by atoms with van der Waals surface area (Å²) in [5, 5.41) is 11.1. The van der Waals surface area contributed by atoms with Gasteiger partial charge in [0.2, 0.25) is 5.91 Å². The van der Waals surface area contributed by atoms with Crippen LogP contribution in [0.1, 0.15) is 12.0 Å². The second-order valence-electron chi connectivity index (χ2n) is 3.66. The molecule has 0 aliphatic heterocycles. The Labute approximate surface area is 107 Å². The zero-order valence-corrected chi connectivity index (χ0v) is 10.8. The van der Waals surface area contributed by atoms with Crippen molar-refractivity contribution >= 4 is 33.5 Å². The van der Waals surface area contributed by atoms with Crippen LogP contribution in [0.3, 0.4) is 0 Å². The number of anilines is 1. The molecule has 1 aromatic carbocycles. The van der Waals surface area contributed by atoms with Crippen LogP contribution in [0.4, 0.5) is 5.69 Å². The summed E-state index contributed by atoms with van der Waals surface area (Å²) in [5.74, 6) is -1.60. The minimum Gasteiger partial charge on any atom is -0.481 e. The van der Waals surface area contributed by atoms with Crippen molar-refractivity contribution in [3.63, 3.8) is 0 Å². The molecular formula is C11H13BrN2O3. The number of halogens is 1. The number of rotatable bonds is 4. The van der Waals surface area contributed by atoms with E-state index in [1.807, 2.05) is 6.92 Å². The zero-order chi connectivity index (χ0) is 13.0. The van der Waals surface area contributed by atoms with Gasteiger partial charge in [-0.2, -0.15) is 0 Å². The number of hydrogen-bond acceptors (Lipinski definition) is 3. The quantitative estimate of drug-likeness (QED) is 0.785. The number of aliphatic carboxylic acids is 1. The molecule has 4 N–H and O–H groups in total. The van der Waals surface area contributed by atoms with E-state index in [2.05, 4.69) is 21.2 Å². The molecule has 0 radical (unpaired) electrons. The lowest BCUT2D eigenvalue weighted by atomic mass is 10.2. The van der Waals surface area contributed by atoms with E-state index >= 15 is 0 Å². The van der Waals surface area contributed by atoms with Crippen LogP contribution in [0.2, 0.25) is 0 Å². The molecule has 0 saturated carbocycles. The maximum absolute atomic E-state index is 11.5. The van der Waals surface area contributed by atoms with Gasteiger partial charge in [-0.25, -0.2) is 0 Å². The predicted octanol–water partition coefficient (Wildman–Crippen LogP) is 1.50. The number of benzene rings is 1. The molecule has 1 unspecified atom stereocenters. The predicted molar refractivity (Wildman–Crippen MR) is 67.7 cm³/mol. The molecule has 0 aliphatic rings. The van der Waals surface area contributed by atoms with Crippen LogP contribution in [0.15, 0.2) is 22.7 Å². The third-order valence-corrected chi connectivity index (χ3v) is 3.05. The van der Waals surface area contributed by atoms with Gasteiger partial charge < -0.3 is 16.2 Å². The minimum absolute atomic E-state index is 0.388. The Morgan fingerprint density at radius 2 is 2.18 bits per heavy atom. The summed E-state index contributed by atoms with van der Waals surface area (Å²) in [6, 6.07) is 4.24. The molecule has 0 spiro atoms. The van der Waals surface area contributed by atoms with Gasteiger partial charge in [0.15, 0.2) is 0 Å². The number of hydrogen-bond donors (Lipinski definition) is 3. The summed E-state index contributed by atoms with van der Waals surface area (Å²) in [6.07, 6.45) is -0.388. The van der Waals surface area contributed by atoms with Crippen molar-refractivity contribution in [1.82, 2.24) is 0 Å². The number of amides is 1. The normalized spacial score (nSPS) is 11.9. The van der Waals surface area contributed by atoms with E-state index < -0.39 is 17.9 Å². The van der Waals surface area contributed by atoms with Crippen molar-refractivity contribution in [3.05, 3.63) is 28.2 Å². The first kappa shape index (κ1) is 13.7. The zero-order valence-electron chi connectivity index (χ0n) is 9.24. The average molecular weight is 301 g/mol. The van der Waals surface area contributed by atoms with Gasteiger partial charge in [0.05, 0.1) is 12.5 Å². The van der Waals surface area contributed by atoms with E-state index in [1.54, 1.807) is 18.2 Å². The molecule has 0 aromatic heterocycles. The first-order valence-corrected chi connectivity index (χ1v) is 5.74. The molecule has 0 bridgehead atoms. The number of carbonyl (C=O) groups excluding carboxylic acids is 1. The second kappa shape index (κ2) is 5.79. The number of carboxylic acid groups (broad SMARTS) is 1. The van der Waals surface area contributed by atoms with Crippen molar-refractivity contribution in [2.24, 2.45) is 5.73 Å². The van der Waals surface area contributed by atoms with Gasteiger partial charge in [-0.3, -0.25) is 9.59 Å². The van der Waals surface area contributed by atoms with E-state index in [4.69, 9.17) is 10.8 Å². The van der Waals surface area contributed by atoms with Crippen molar-refractivity contribution in [1.29, 1.82) is 0 Å². The molecule has 1 amide bonds. The van der Waals surface area contributed by atoms with Crippen LogP contribution in [-0.4, -0.2) is 23.0 Å². The maximum Gasteiger partial charge on any atom is 0.305 e. The van der Waals surface area contributed by atoms with Gasteiger partial charge in [0.1, 0.15) is 0 Å². The second-order valence-corrected chi connectivity index (χ2v) is 4.51. The molecule has 6 heteroatoms. The van der Waals surface area contributed by atoms with Crippen LogP contribution in [-0.2, 0) is 9.59 Å². The Bertz CT molecular complexity index is 448. The summed E-state index contributed by atoms with van der Waals surface area (Å²) < 4.78 is 0.935. The van der Waals surface area contributed by atoms with Gasteiger partial charge in [0.25, 0.3) is 0 Å². The Kier molecular flexibility index (Phi) is 4.65. The Balaban J connectivity index is 2.67. The lowest BCUT2D eigenvalue weighted by Crippen LogP contribution is -2.37. The lowest BCUT2D eigenvalue weighted by Gasteiger charge is -2.11. The summed E-state index contributed by atoms with van der Waals surface area (Å²) in [7, 11) is 0. The van der Waals surface area contributed by atoms with E-state index in [0.717, 1.165) is 10.0 Å². The van der Waals surface area contributed by atoms with E-state index in [9.17, 15) is 9.59 Å². The Morgan fingerprint density at radius 3 is 2.71 bits per heavy atom. The topological polar surface area (TPSA) is 92.4 Å². The first-order chi connectivity index (χ1) is 7.90. The fraction of sp³-hybridized carbons (Fsp3) is 0.273. The van der Waals surface area contributed by atoms with Crippen molar-refractivity contribution in [2.75, 3.05) is 5.32 Å². The highest BCUT2D eigenvalue weighted by Crippen LogP contribution is 2.20. The molecule has 92 valence electrons. The molecule has 1 atom stereocenters. The standard InChI is InChI=1S/C11H13BrN2O3/c1-6-4-7(2-3-8(6)12)14-11(17)9(13)5-10(15)16/h2-4,9H,5,13H2,1H3,(H,14,17)(H,15,16). The van der Waals surface area contributed by atoms with Crippen molar-refractivity contribution in [3.8, 4) is 0 Å². The number of nitrogens with one attached hydrogen (secondary N) is 1. The summed E-state index contributed by atoms with van der Waals surface area (Å²) >= 11 is 3.34. The SMILES string of the molecule is Cc1cc(NC(=O)C(N)CC(=O)O)ccc1Br. The van der Waals surface area contributed by atoms with E-state index in [-0.39, 0.29) is 6.42 Å². The number of aryl methyl sites for hydroxylation is 1. The van der Waals surface area contributed by atoms with Gasteiger partial charge in [-0.05, 0) is 30.7 Å². The van der Waals surface area contributed by atoms with Gasteiger partial charge >= 0.3 is 5.97 Å². The van der Waals surface area contributed by atoms with Crippen LogP contribution < -0.4 is 11.1 Å². The van der Waals surface area contributed by atoms with Crippen LogP contribution in [0.5, 0.6) is 0 Å². The Hall–Kier alpha value is -1.40. The molecule has 0 fully saturated rings. The molecule has 17 heavy (non-hydrogen) atoms. The van der Waals surface area contributed by atoms with Crippen LogP contribution in [0.25, 0.3) is 0 Å². The highest BCUT2D eigenvalue weighted by atomic mass is 79.9. The summed E-state index contributed by atoms with van der Waals surface area (Å²) in [6.45, 7) is 1.89. The lowest BCUT2D eigenvalue weighted by molar-refractivity contribution is -0.138.